The molecule has 0 bridgehead atoms. The molecule has 0 saturated carbocycles. The van der Waals surface area contributed by atoms with Crippen LogP contribution in [0.3, 0.4) is 0 Å². The number of fused-ring (bicyclic) bond motifs is 1. The third-order valence-corrected chi connectivity index (χ3v) is 5.10. The third kappa shape index (κ3) is 4.26. The second kappa shape index (κ2) is 7.20. The van der Waals surface area contributed by atoms with E-state index in [1.54, 1.807) is 13.8 Å². The zero-order valence-corrected chi connectivity index (χ0v) is 15.0. The fourth-order valence-electron chi connectivity index (χ4n) is 3.81. The molecule has 3 N–H and O–H groups in total. The van der Waals surface area contributed by atoms with Gasteiger partial charge in [-0.25, -0.2) is 10.4 Å². The Labute approximate surface area is 157 Å². The summed E-state index contributed by atoms with van der Waals surface area (Å²) in [6, 6.07) is 2.16. The number of hydrazine groups is 1. The highest BCUT2D eigenvalue weighted by Crippen LogP contribution is 2.34. The molecule has 1 aromatic carbocycles. The van der Waals surface area contributed by atoms with Crippen molar-refractivity contribution in [1.29, 1.82) is 0 Å². The Balaban J connectivity index is 1.86. The van der Waals surface area contributed by atoms with E-state index in [1.165, 1.54) is 12.1 Å². The molecule has 2 aliphatic heterocycles. The van der Waals surface area contributed by atoms with E-state index in [0.717, 1.165) is 17.1 Å². The van der Waals surface area contributed by atoms with E-state index < -0.39 is 60.6 Å². The molecular weight excluding hydrogens is 390 g/mol. The van der Waals surface area contributed by atoms with Gasteiger partial charge in [0.05, 0.1) is 17.8 Å². The van der Waals surface area contributed by atoms with Gasteiger partial charge in [0.25, 0.3) is 0 Å². The SMILES string of the molecule is CC1NC(=O)C2C(N1)C([C@H](C)c1ccc(C(F)(F)F)cc1)NN2CC(F)(F)F. The first kappa shape index (κ1) is 20.9. The van der Waals surface area contributed by atoms with E-state index in [0.29, 0.717) is 5.56 Å². The van der Waals surface area contributed by atoms with E-state index in [4.69, 9.17) is 0 Å². The lowest BCUT2D eigenvalue weighted by Crippen LogP contribution is -2.66. The molecule has 0 aliphatic carbocycles. The quantitative estimate of drug-likeness (QED) is 0.670. The molecule has 2 aliphatic rings. The van der Waals surface area contributed by atoms with Crippen molar-refractivity contribution >= 4 is 5.91 Å². The summed E-state index contributed by atoms with van der Waals surface area (Å²) in [5.74, 6) is -0.978. The molecule has 0 radical (unpaired) electrons. The van der Waals surface area contributed by atoms with Crippen molar-refractivity contribution in [2.24, 2.45) is 0 Å². The Hall–Kier alpha value is -1.85. The number of amides is 1. The molecule has 4 unspecified atom stereocenters. The summed E-state index contributed by atoms with van der Waals surface area (Å²) in [6.07, 6.45) is -9.43. The van der Waals surface area contributed by atoms with E-state index in [9.17, 15) is 31.1 Å². The summed E-state index contributed by atoms with van der Waals surface area (Å²) in [5.41, 5.74) is 2.48. The first-order chi connectivity index (χ1) is 12.9. The molecule has 0 aromatic heterocycles. The van der Waals surface area contributed by atoms with Crippen LogP contribution in [0.25, 0.3) is 0 Å². The molecule has 5 atom stereocenters. The third-order valence-electron chi connectivity index (χ3n) is 5.10. The van der Waals surface area contributed by atoms with E-state index in [1.807, 2.05) is 0 Å². The molecule has 28 heavy (non-hydrogen) atoms. The topological polar surface area (TPSA) is 56.4 Å². The summed E-state index contributed by atoms with van der Waals surface area (Å²) in [5, 5.41) is 6.49. The molecule has 1 aromatic rings. The van der Waals surface area contributed by atoms with Crippen LogP contribution in [0.5, 0.6) is 0 Å². The van der Waals surface area contributed by atoms with Crippen molar-refractivity contribution in [3.63, 3.8) is 0 Å². The zero-order chi connectivity index (χ0) is 20.9. The number of alkyl halides is 6. The van der Waals surface area contributed by atoms with Gasteiger partial charge < -0.3 is 5.32 Å². The molecule has 156 valence electrons. The summed E-state index contributed by atoms with van der Waals surface area (Å²) in [6.45, 7) is 2.04. The molecule has 11 heteroatoms. The number of benzene rings is 1. The van der Waals surface area contributed by atoms with E-state index >= 15 is 0 Å². The lowest BCUT2D eigenvalue weighted by Gasteiger charge is -2.36. The lowest BCUT2D eigenvalue weighted by atomic mass is 9.86. The molecule has 1 amide bonds. The number of nitrogens with one attached hydrogen (secondary N) is 3. The van der Waals surface area contributed by atoms with Crippen molar-refractivity contribution in [3.8, 4) is 0 Å². The largest absolute Gasteiger partial charge is 0.416 e. The smallest absolute Gasteiger partial charge is 0.340 e. The minimum absolute atomic E-state index is 0.441. The van der Waals surface area contributed by atoms with Crippen LogP contribution < -0.4 is 16.1 Å². The van der Waals surface area contributed by atoms with Crippen LogP contribution >= 0.6 is 0 Å². The van der Waals surface area contributed by atoms with Gasteiger partial charge in [-0.2, -0.15) is 26.3 Å². The van der Waals surface area contributed by atoms with Gasteiger partial charge >= 0.3 is 12.4 Å². The fourth-order valence-corrected chi connectivity index (χ4v) is 3.81. The van der Waals surface area contributed by atoms with Crippen molar-refractivity contribution in [3.05, 3.63) is 35.4 Å². The predicted octanol–water partition coefficient (Wildman–Crippen LogP) is 2.36. The Bertz CT molecular complexity index is 720. The van der Waals surface area contributed by atoms with Crippen molar-refractivity contribution in [2.75, 3.05) is 6.54 Å². The van der Waals surface area contributed by atoms with Crippen molar-refractivity contribution in [1.82, 2.24) is 21.1 Å². The minimum atomic E-state index is -4.52. The average molecular weight is 410 g/mol. The second-order valence-corrected chi connectivity index (χ2v) is 7.17. The Morgan fingerprint density at radius 1 is 1.11 bits per heavy atom. The van der Waals surface area contributed by atoms with Crippen LogP contribution in [0.4, 0.5) is 26.3 Å². The first-order valence-electron chi connectivity index (χ1n) is 8.70. The molecule has 0 spiro atoms. The molecule has 2 fully saturated rings. The highest BCUT2D eigenvalue weighted by atomic mass is 19.4. The standard InChI is InChI=1S/C17H20F6N4O/c1-8(10-3-5-11(6-4-10)17(21,22)23)12-13-14(15(28)25-9(2)24-13)27(26-12)7-16(18,19)20/h3-6,8-9,12-14,24,26H,7H2,1-2H3,(H,25,28)/t8-,9?,12?,13?,14?/m1/s1. The van der Waals surface area contributed by atoms with E-state index in [-0.39, 0.29) is 0 Å². The number of nitrogens with zero attached hydrogens (tertiary/aromatic N) is 1. The van der Waals surface area contributed by atoms with Crippen LogP contribution in [0.15, 0.2) is 24.3 Å². The maximum absolute atomic E-state index is 12.9. The summed E-state index contributed by atoms with van der Waals surface area (Å²) >= 11 is 0. The highest BCUT2D eigenvalue weighted by molar-refractivity contribution is 5.84. The van der Waals surface area contributed by atoms with Gasteiger partial charge in [-0.1, -0.05) is 19.1 Å². The van der Waals surface area contributed by atoms with Crippen molar-refractivity contribution < 1.29 is 31.1 Å². The summed E-state index contributed by atoms with van der Waals surface area (Å²) < 4.78 is 77.1. The monoisotopic (exact) mass is 410 g/mol. The van der Waals surface area contributed by atoms with Crippen LogP contribution in [-0.2, 0) is 11.0 Å². The van der Waals surface area contributed by atoms with Gasteiger partial charge in [-0.15, -0.1) is 0 Å². The van der Waals surface area contributed by atoms with Gasteiger partial charge in [-0.05, 0) is 30.5 Å². The van der Waals surface area contributed by atoms with Gasteiger partial charge in [0.2, 0.25) is 5.91 Å². The number of carbonyl (C=O) groups is 1. The lowest BCUT2D eigenvalue weighted by molar-refractivity contribution is -0.159. The highest BCUT2D eigenvalue weighted by Gasteiger charge is 2.52. The van der Waals surface area contributed by atoms with Gasteiger partial charge in [0, 0.05) is 6.04 Å². The number of hydrogen-bond acceptors (Lipinski definition) is 4. The second-order valence-electron chi connectivity index (χ2n) is 7.17. The van der Waals surface area contributed by atoms with Gasteiger partial charge in [0.15, 0.2) is 0 Å². The molecule has 3 rings (SSSR count). The number of hydrogen-bond donors (Lipinski definition) is 3. The van der Waals surface area contributed by atoms with Crippen LogP contribution in [0.2, 0.25) is 0 Å². The fraction of sp³-hybridized carbons (Fsp3) is 0.588. The van der Waals surface area contributed by atoms with Crippen LogP contribution in [0, 0.1) is 0 Å². The summed E-state index contributed by atoms with van der Waals surface area (Å²) in [7, 11) is 0. The van der Waals surface area contributed by atoms with E-state index in [2.05, 4.69) is 16.1 Å². The molecule has 5 nitrogen and oxygen atoms in total. The Morgan fingerprint density at radius 3 is 2.25 bits per heavy atom. The van der Waals surface area contributed by atoms with Crippen molar-refractivity contribution in [2.45, 2.75) is 56.4 Å². The van der Waals surface area contributed by atoms with Gasteiger partial charge in [0.1, 0.15) is 12.6 Å². The molecule has 2 heterocycles. The molecular formula is C17H20F6N4O. The molecule has 2 saturated heterocycles. The summed E-state index contributed by atoms with van der Waals surface area (Å²) in [4.78, 5) is 12.3. The maximum atomic E-state index is 12.9. The normalized spacial score (nSPS) is 30.1. The maximum Gasteiger partial charge on any atom is 0.416 e. The number of rotatable bonds is 3. The van der Waals surface area contributed by atoms with Crippen LogP contribution in [-0.4, -0.2) is 47.9 Å². The Morgan fingerprint density at radius 2 is 1.71 bits per heavy atom. The van der Waals surface area contributed by atoms with Crippen LogP contribution in [0.1, 0.15) is 30.9 Å². The zero-order valence-electron chi connectivity index (χ0n) is 15.0. The number of halogens is 6. The van der Waals surface area contributed by atoms with Gasteiger partial charge in [-0.3, -0.25) is 10.1 Å². The Kier molecular flexibility index (Phi) is 5.36. The average Bonchev–Trinajstić information content (AvgIpc) is 2.90. The minimum Gasteiger partial charge on any atom is -0.340 e. The predicted molar refractivity (Wildman–Crippen MR) is 87.9 cm³/mol. The number of carbonyl (C=O) groups excluding carboxylic acids is 1. The first-order valence-corrected chi connectivity index (χ1v) is 8.70.